The van der Waals surface area contributed by atoms with Crippen LogP contribution in [0.5, 0.6) is 0 Å². The molecular formula is C15H25F2N3O3. The van der Waals surface area contributed by atoms with Gasteiger partial charge in [0.05, 0.1) is 25.1 Å². The van der Waals surface area contributed by atoms with Crippen LogP contribution in [0.1, 0.15) is 12.8 Å². The van der Waals surface area contributed by atoms with Gasteiger partial charge in [-0.05, 0) is 6.42 Å². The van der Waals surface area contributed by atoms with Crippen molar-refractivity contribution < 1.29 is 23.1 Å². The number of hydrogen-bond donors (Lipinski definition) is 0. The monoisotopic (exact) mass is 333 g/mol. The summed E-state index contributed by atoms with van der Waals surface area (Å²) in [7, 11) is 4.72. The molecule has 2 saturated heterocycles. The number of likely N-dealkylation sites (N-methyl/N-ethyl adjacent to an activating group) is 1. The van der Waals surface area contributed by atoms with E-state index >= 15 is 0 Å². The fourth-order valence-corrected chi connectivity index (χ4v) is 3.48. The van der Waals surface area contributed by atoms with Crippen LogP contribution in [0.2, 0.25) is 0 Å². The second kappa shape index (κ2) is 6.68. The van der Waals surface area contributed by atoms with Crippen molar-refractivity contribution in [2.45, 2.75) is 18.8 Å². The summed E-state index contributed by atoms with van der Waals surface area (Å²) in [6.45, 7) is 0.925. The lowest BCUT2D eigenvalue weighted by Crippen LogP contribution is -2.57. The SMILES string of the molecule is COCCN1CC[C@]2(CN(CC(=O)N(C)C)CC(F)(F)C2)C1=O. The number of hydrogen-bond acceptors (Lipinski definition) is 4. The van der Waals surface area contributed by atoms with E-state index in [4.69, 9.17) is 4.74 Å². The summed E-state index contributed by atoms with van der Waals surface area (Å²) in [6.07, 6.45) is -0.0350. The standard InChI is InChI=1S/C15H25F2N3O3/c1-18(2)12(21)8-19-10-14(9-15(16,17)11-19)4-5-20(13(14)22)6-7-23-3/h4-11H2,1-3H3/t14-/m0/s1. The summed E-state index contributed by atoms with van der Waals surface area (Å²) in [5.41, 5.74) is -1.08. The van der Waals surface area contributed by atoms with E-state index in [9.17, 15) is 18.4 Å². The molecule has 132 valence electrons. The Bertz CT molecular complexity index is 473. The number of amides is 2. The minimum atomic E-state index is -2.96. The Hall–Kier alpha value is -1.28. The van der Waals surface area contributed by atoms with Crippen LogP contribution >= 0.6 is 0 Å². The third-order valence-corrected chi connectivity index (χ3v) is 4.60. The molecule has 0 unspecified atom stereocenters. The molecule has 0 saturated carbocycles. The molecule has 2 fully saturated rings. The highest BCUT2D eigenvalue weighted by atomic mass is 19.3. The predicted octanol–water partition coefficient (Wildman–Crippen LogP) is 0.281. The Labute approximate surface area is 135 Å². The molecule has 0 aromatic rings. The van der Waals surface area contributed by atoms with Crippen molar-refractivity contribution in [3.05, 3.63) is 0 Å². The lowest BCUT2D eigenvalue weighted by Gasteiger charge is -2.42. The van der Waals surface area contributed by atoms with Crippen molar-refractivity contribution in [1.29, 1.82) is 0 Å². The number of carbonyl (C=O) groups excluding carboxylic acids is 2. The van der Waals surface area contributed by atoms with Gasteiger partial charge in [0.2, 0.25) is 11.8 Å². The first-order valence-corrected chi connectivity index (χ1v) is 7.78. The summed E-state index contributed by atoms with van der Waals surface area (Å²) in [6, 6.07) is 0. The van der Waals surface area contributed by atoms with Gasteiger partial charge in [-0.2, -0.15) is 0 Å². The number of piperidine rings is 1. The van der Waals surface area contributed by atoms with Gasteiger partial charge in [0.1, 0.15) is 0 Å². The van der Waals surface area contributed by atoms with Crippen molar-refractivity contribution in [3.8, 4) is 0 Å². The van der Waals surface area contributed by atoms with Crippen LogP contribution in [0.15, 0.2) is 0 Å². The van der Waals surface area contributed by atoms with E-state index in [2.05, 4.69) is 0 Å². The normalized spacial score (nSPS) is 27.7. The van der Waals surface area contributed by atoms with Crippen molar-refractivity contribution in [2.24, 2.45) is 5.41 Å². The number of alkyl halides is 2. The summed E-state index contributed by atoms with van der Waals surface area (Å²) in [5.74, 6) is -3.44. The van der Waals surface area contributed by atoms with E-state index in [1.165, 1.54) is 9.80 Å². The Kier molecular flexibility index (Phi) is 5.25. The molecule has 0 aromatic carbocycles. The first kappa shape index (κ1) is 18.1. The molecule has 0 N–H and O–H groups in total. The number of nitrogens with zero attached hydrogens (tertiary/aromatic N) is 3. The molecule has 2 amide bonds. The van der Waals surface area contributed by atoms with Crippen LogP contribution in [-0.4, -0.2) is 93.0 Å². The van der Waals surface area contributed by atoms with Gasteiger partial charge in [-0.1, -0.05) is 0 Å². The first-order chi connectivity index (χ1) is 10.7. The molecule has 2 rings (SSSR count). The zero-order chi connectivity index (χ0) is 17.3. The fourth-order valence-electron chi connectivity index (χ4n) is 3.48. The van der Waals surface area contributed by atoms with Gasteiger partial charge in [-0.15, -0.1) is 0 Å². The highest BCUT2D eigenvalue weighted by molar-refractivity contribution is 5.85. The summed E-state index contributed by atoms with van der Waals surface area (Å²) in [5, 5.41) is 0. The maximum absolute atomic E-state index is 14.2. The number of ether oxygens (including phenoxy) is 1. The summed E-state index contributed by atoms with van der Waals surface area (Å²) in [4.78, 5) is 28.9. The van der Waals surface area contributed by atoms with E-state index < -0.39 is 24.3 Å². The van der Waals surface area contributed by atoms with Gasteiger partial charge in [-0.3, -0.25) is 14.5 Å². The lowest BCUT2D eigenvalue weighted by molar-refractivity contribution is -0.157. The molecule has 6 nitrogen and oxygen atoms in total. The number of halogens is 2. The summed E-state index contributed by atoms with van der Waals surface area (Å²) >= 11 is 0. The van der Waals surface area contributed by atoms with Crippen LogP contribution in [0.25, 0.3) is 0 Å². The minimum Gasteiger partial charge on any atom is -0.383 e. The molecule has 2 aliphatic rings. The molecule has 0 bridgehead atoms. The van der Waals surface area contributed by atoms with Crippen LogP contribution in [0.3, 0.4) is 0 Å². The quantitative estimate of drug-likeness (QED) is 0.725. The molecule has 2 heterocycles. The van der Waals surface area contributed by atoms with E-state index in [0.717, 1.165) is 0 Å². The third-order valence-electron chi connectivity index (χ3n) is 4.60. The van der Waals surface area contributed by atoms with Crippen molar-refractivity contribution in [1.82, 2.24) is 14.7 Å². The molecule has 8 heteroatoms. The fraction of sp³-hybridized carbons (Fsp3) is 0.867. The van der Waals surface area contributed by atoms with Gasteiger partial charge in [0.25, 0.3) is 5.92 Å². The van der Waals surface area contributed by atoms with E-state index in [1.807, 2.05) is 0 Å². The van der Waals surface area contributed by atoms with Gasteiger partial charge >= 0.3 is 0 Å². The molecule has 2 aliphatic heterocycles. The van der Waals surface area contributed by atoms with Gasteiger partial charge in [0, 0.05) is 47.3 Å². The van der Waals surface area contributed by atoms with Gasteiger partial charge in [-0.25, -0.2) is 8.78 Å². The Morgan fingerprint density at radius 3 is 2.65 bits per heavy atom. The van der Waals surface area contributed by atoms with Crippen LogP contribution in [-0.2, 0) is 14.3 Å². The molecule has 0 aromatic heterocycles. The number of rotatable bonds is 5. The third kappa shape index (κ3) is 3.98. The lowest BCUT2D eigenvalue weighted by atomic mass is 9.77. The molecule has 1 spiro atoms. The topological polar surface area (TPSA) is 53.1 Å². The first-order valence-electron chi connectivity index (χ1n) is 7.78. The van der Waals surface area contributed by atoms with Gasteiger partial charge in [0.15, 0.2) is 0 Å². The average Bonchev–Trinajstić information content (AvgIpc) is 2.71. The molecule has 0 aliphatic carbocycles. The van der Waals surface area contributed by atoms with Crippen molar-refractivity contribution in [3.63, 3.8) is 0 Å². The predicted molar refractivity (Wildman–Crippen MR) is 80.2 cm³/mol. The van der Waals surface area contributed by atoms with Gasteiger partial charge < -0.3 is 14.5 Å². The Morgan fingerprint density at radius 2 is 2.04 bits per heavy atom. The Morgan fingerprint density at radius 1 is 1.35 bits per heavy atom. The summed E-state index contributed by atoms with van der Waals surface area (Å²) < 4.78 is 33.4. The highest BCUT2D eigenvalue weighted by Crippen LogP contribution is 2.45. The molecule has 1 atom stereocenters. The zero-order valence-electron chi connectivity index (χ0n) is 14.0. The largest absolute Gasteiger partial charge is 0.383 e. The molecule has 23 heavy (non-hydrogen) atoms. The van der Waals surface area contributed by atoms with Crippen LogP contribution < -0.4 is 0 Å². The number of carbonyl (C=O) groups is 2. The number of methoxy groups -OCH3 is 1. The molecule has 0 radical (unpaired) electrons. The highest BCUT2D eigenvalue weighted by Gasteiger charge is 2.56. The van der Waals surface area contributed by atoms with Crippen LogP contribution in [0, 0.1) is 5.41 Å². The second-order valence-electron chi connectivity index (χ2n) is 6.78. The zero-order valence-corrected chi connectivity index (χ0v) is 14.0. The minimum absolute atomic E-state index is 0.0876. The van der Waals surface area contributed by atoms with Crippen molar-refractivity contribution >= 4 is 11.8 Å². The smallest absolute Gasteiger partial charge is 0.261 e. The maximum atomic E-state index is 14.2. The maximum Gasteiger partial charge on any atom is 0.261 e. The number of likely N-dealkylation sites (tertiary alicyclic amines) is 2. The van der Waals surface area contributed by atoms with E-state index in [1.54, 1.807) is 26.1 Å². The average molecular weight is 333 g/mol. The second-order valence-corrected chi connectivity index (χ2v) is 6.78. The van der Waals surface area contributed by atoms with E-state index in [-0.39, 0.29) is 24.9 Å². The molecular weight excluding hydrogens is 308 g/mol. The van der Waals surface area contributed by atoms with E-state index in [0.29, 0.717) is 26.1 Å². The van der Waals surface area contributed by atoms with Crippen molar-refractivity contribution in [2.75, 3.05) is 60.5 Å². The van der Waals surface area contributed by atoms with Crippen LogP contribution in [0.4, 0.5) is 8.78 Å². The Balaban J connectivity index is 2.12.